The number of benzene rings is 2. The van der Waals surface area contributed by atoms with Gasteiger partial charge in [0.05, 0.1) is 16.1 Å². The summed E-state index contributed by atoms with van der Waals surface area (Å²) in [5, 5.41) is 9.77. The number of carbonyl (C=O) groups excluding carboxylic acids is 2. The van der Waals surface area contributed by atoms with Crippen LogP contribution in [0.5, 0.6) is 0 Å². The molecule has 0 radical (unpaired) electrons. The van der Waals surface area contributed by atoms with E-state index in [1.165, 1.54) is 17.7 Å². The van der Waals surface area contributed by atoms with Crippen LogP contribution in [0.15, 0.2) is 42.5 Å². The Balaban J connectivity index is 1.36. The lowest BCUT2D eigenvalue weighted by atomic mass is 10.0. The standard InChI is InChI=1S/C30H36Cl2FN7O2/c1-18-36-26(38-37-18)12-11-24(29(41)35-16-20-8-10-23(31)27(32)28(20)33)39-14-13-22(9-7-19-5-3-2-4-6-19)40-17-21(34)15-25(40)30(39)42/h2-6,8,10,21-22,24-25H,7,9,11-17,34H2,1H3,(H,35,41)(H,36,37,38)/t21-,22?,24-,25+/m1/s1. The van der Waals surface area contributed by atoms with Crippen LogP contribution in [0.2, 0.25) is 10.0 Å². The number of carbonyl (C=O) groups is 2. The van der Waals surface area contributed by atoms with Crippen molar-refractivity contribution in [2.24, 2.45) is 5.73 Å². The molecular weight excluding hydrogens is 580 g/mol. The average Bonchev–Trinajstić information content (AvgIpc) is 3.56. The Bertz CT molecular complexity index is 1410. The molecule has 1 aromatic heterocycles. The third-order valence-electron chi connectivity index (χ3n) is 8.25. The first-order valence-electron chi connectivity index (χ1n) is 14.3. The van der Waals surface area contributed by atoms with Crippen molar-refractivity contribution in [2.75, 3.05) is 13.1 Å². The highest BCUT2D eigenvalue weighted by atomic mass is 35.5. The molecule has 2 aliphatic heterocycles. The Morgan fingerprint density at radius 2 is 2.00 bits per heavy atom. The molecule has 224 valence electrons. The molecule has 0 spiro atoms. The molecule has 2 aromatic carbocycles. The van der Waals surface area contributed by atoms with E-state index >= 15 is 0 Å². The number of hydrogen-bond acceptors (Lipinski definition) is 6. The van der Waals surface area contributed by atoms with Gasteiger partial charge >= 0.3 is 0 Å². The van der Waals surface area contributed by atoms with Gasteiger partial charge in [0.25, 0.3) is 0 Å². The van der Waals surface area contributed by atoms with E-state index in [4.69, 9.17) is 28.9 Å². The number of aromatic amines is 1. The summed E-state index contributed by atoms with van der Waals surface area (Å²) in [5.41, 5.74) is 7.83. The van der Waals surface area contributed by atoms with E-state index in [2.05, 4.69) is 37.5 Å². The summed E-state index contributed by atoms with van der Waals surface area (Å²) in [5.74, 6) is 0.0758. The Labute approximate surface area is 254 Å². The maximum atomic E-state index is 14.7. The average molecular weight is 617 g/mol. The van der Waals surface area contributed by atoms with Gasteiger partial charge in [0.15, 0.2) is 5.82 Å². The van der Waals surface area contributed by atoms with E-state index < -0.39 is 17.9 Å². The van der Waals surface area contributed by atoms with Gasteiger partial charge in [-0.25, -0.2) is 9.37 Å². The number of aryl methyl sites for hydroxylation is 3. The maximum Gasteiger partial charge on any atom is 0.243 e. The van der Waals surface area contributed by atoms with Gasteiger partial charge in [-0.3, -0.25) is 19.6 Å². The second kappa shape index (κ2) is 13.5. The SMILES string of the molecule is Cc1nc(CC[C@H](C(=O)NCc2ccc(Cl)c(Cl)c2F)N2CCC(CCc3ccccc3)N3C[C@H](N)C[C@H]3C2=O)n[nH]1. The molecule has 42 heavy (non-hydrogen) atoms. The first kappa shape index (κ1) is 30.4. The minimum atomic E-state index is -0.798. The third kappa shape index (κ3) is 6.94. The van der Waals surface area contributed by atoms with Crippen LogP contribution in [0, 0.1) is 12.7 Å². The zero-order valence-electron chi connectivity index (χ0n) is 23.5. The van der Waals surface area contributed by atoms with E-state index in [9.17, 15) is 14.0 Å². The van der Waals surface area contributed by atoms with Gasteiger partial charge in [0, 0.05) is 43.7 Å². The lowest BCUT2D eigenvalue weighted by molar-refractivity contribution is -0.143. The molecule has 2 fully saturated rings. The van der Waals surface area contributed by atoms with E-state index in [1.54, 1.807) is 11.8 Å². The van der Waals surface area contributed by atoms with Crippen LogP contribution in [-0.4, -0.2) is 74.1 Å². The minimum absolute atomic E-state index is 0.0972. The molecule has 4 N–H and O–H groups in total. The van der Waals surface area contributed by atoms with Crippen molar-refractivity contribution >= 4 is 35.0 Å². The van der Waals surface area contributed by atoms with Gasteiger partial charge in [-0.1, -0.05) is 59.6 Å². The normalized spacial score (nSPS) is 21.7. The molecule has 1 unspecified atom stereocenters. The lowest BCUT2D eigenvalue weighted by Gasteiger charge is -2.32. The van der Waals surface area contributed by atoms with Crippen LogP contribution < -0.4 is 11.1 Å². The number of aromatic nitrogens is 3. The molecule has 2 aliphatic rings. The zero-order valence-corrected chi connectivity index (χ0v) is 25.0. The second-order valence-electron chi connectivity index (χ2n) is 11.2. The summed E-state index contributed by atoms with van der Waals surface area (Å²) in [6, 6.07) is 12.1. The summed E-state index contributed by atoms with van der Waals surface area (Å²) >= 11 is 11.9. The minimum Gasteiger partial charge on any atom is -0.350 e. The van der Waals surface area contributed by atoms with Crippen LogP contribution in [0.1, 0.15) is 48.5 Å². The number of nitrogens with two attached hydrogens (primary N) is 1. The van der Waals surface area contributed by atoms with E-state index in [0.29, 0.717) is 50.4 Å². The van der Waals surface area contributed by atoms with E-state index in [0.717, 1.165) is 12.8 Å². The van der Waals surface area contributed by atoms with Gasteiger partial charge in [0.1, 0.15) is 17.7 Å². The van der Waals surface area contributed by atoms with Crippen molar-refractivity contribution in [3.8, 4) is 0 Å². The number of hydrogen-bond donors (Lipinski definition) is 3. The smallest absolute Gasteiger partial charge is 0.243 e. The van der Waals surface area contributed by atoms with Crippen LogP contribution in [0.4, 0.5) is 4.39 Å². The first-order chi connectivity index (χ1) is 20.2. The highest BCUT2D eigenvalue weighted by molar-refractivity contribution is 6.42. The van der Waals surface area contributed by atoms with Crippen LogP contribution >= 0.6 is 23.2 Å². The molecule has 5 rings (SSSR count). The van der Waals surface area contributed by atoms with Crippen molar-refractivity contribution in [3.63, 3.8) is 0 Å². The number of H-pyrrole nitrogens is 1. The molecule has 12 heteroatoms. The molecule has 3 heterocycles. The largest absolute Gasteiger partial charge is 0.350 e. The monoisotopic (exact) mass is 615 g/mol. The maximum absolute atomic E-state index is 14.7. The first-order valence-corrected chi connectivity index (χ1v) is 15.1. The van der Waals surface area contributed by atoms with Crippen LogP contribution in [0.3, 0.4) is 0 Å². The fourth-order valence-corrected chi connectivity index (χ4v) is 6.42. The fourth-order valence-electron chi connectivity index (χ4n) is 6.09. The predicted molar refractivity (Wildman–Crippen MR) is 159 cm³/mol. The highest BCUT2D eigenvalue weighted by Gasteiger charge is 2.45. The summed E-state index contributed by atoms with van der Waals surface area (Å²) in [4.78, 5) is 36.1. The van der Waals surface area contributed by atoms with Gasteiger partial charge in [-0.05, 0) is 50.7 Å². The predicted octanol–water partition coefficient (Wildman–Crippen LogP) is 3.81. The van der Waals surface area contributed by atoms with Crippen molar-refractivity contribution in [2.45, 2.75) is 76.2 Å². The Kier molecular flexibility index (Phi) is 9.77. The lowest BCUT2D eigenvalue weighted by Crippen LogP contribution is -2.53. The number of nitrogens with zero attached hydrogens (tertiary/aromatic N) is 4. The number of amides is 2. The molecule has 2 amide bonds. The van der Waals surface area contributed by atoms with Gasteiger partial charge in [-0.2, -0.15) is 5.10 Å². The van der Waals surface area contributed by atoms with Gasteiger partial charge in [-0.15, -0.1) is 0 Å². The molecule has 0 bridgehead atoms. The quantitative estimate of drug-likeness (QED) is 0.298. The molecule has 9 nitrogen and oxygen atoms in total. The molecule has 2 saturated heterocycles. The number of nitrogens with one attached hydrogen (secondary N) is 2. The summed E-state index contributed by atoms with van der Waals surface area (Å²) in [6.07, 6.45) is 3.73. The number of fused-ring (bicyclic) bond motifs is 1. The Hall–Kier alpha value is -3.05. The van der Waals surface area contributed by atoms with E-state index in [1.807, 2.05) is 18.2 Å². The second-order valence-corrected chi connectivity index (χ2v) is 11.9. The Morgan fingerprint density at radius 1 is 1.21 bits per heavy atom. The van der Waals surface area contributed by atoms with Crippen LogP contribution in [0.25, 0.3) is 0 Å². The number of rotatable bonds is 10. The van der Waals surface area contributed by atoms with Gasteiger partial charge < -0.3 is 16.0 Å². The van der Waals surface area contributed by atoms with Crippen molar-refractivity contribution in [3.05, 3.63) is 81.1 Å². The summed E-state index contributed by atoms with van der Waals surface area (Å²) in [7, 11) is 0. The third-order valence-corrected chi connectivity index (χ3v) is 9.03. The molecular formula is C30H36Cl2FN7O2. The fraction of sp³-hybridized carbons (Fsp3) is 0.467. The van der Waals surface area contributed by atoms with Crippen molar-refractivity contribution in [1.29, 1.82) is 0 Å². The molecule has 0 aliphatic carbocycles. The van der Waals surface area contributed by atoms with Crippen molar-refractivity contribution < 1.29 is 14.0 Å². The molecule has 0 saturated carbocycles. The molecule has 3 aromatic rings. The number of halogens is 3. The Morgan fingerprint density at radius 3 is 2.74 bits per heavy atom. The van der Waals surface area contributed by atoms with E-state index in [-0.39, 0.29) is 46.1 Å². The van der Waals surface area contributed by atoms with Crippen LogP contribution in [-0.2, 0) is 29.0 Å². The topological polar surface area (TPSA) is 120 Å². The highest BCUT2D eigenvalue weighted by Crippen LogP contribution is 2.31. The zero-order chi connectivity index (χ0) is 29.8. The summed E-state index contributed by atoms with van der Waals surface area (Å²) < 4.78 is 14.7. The molecule has 4 atom stereocenters. The van der Waals surface area contributed by atoms with Gasteiger partial charge in [0.2, 0.25) is 11.8 Å². The summed E-state index contributed by atoms with van der Waals surface area (Å²) in [6.45, 7) is 2.78. The van der Waals surface area contributed by atoms with Crippen molar-refractivity contribution in [1.82, 2.24) is 30.3 Å².